The Bertz CT molecular complexity index is 13.0. The van der Waals surface area contributed by atoms with E-state index in [-0.39, 0.29) is 290 Å². The Labute approximate surface area is 279 Å². The van der Waals surface area contributed by atoms with E-state index in [0.29, 0.717) is 0 Å². The molecular weight excluding hydrogens is 1100 g/mol. The van der Waals surface area contributed by atoms with E-state index in [1.807, 2.05) is 0 Å². The van der Waals surface area contributed by atoms with Crippen molar-refractivity contribution in [2.24, 2.45) is 0 Å². The molecule has 1 nitrogen and oxygen atoms in total. The predicted molar refractivity (Wildman–Crippen MR) is 20.4 cm³/mol. The molecule has 0 saturated carbocycles. The van der Waals surface area contributed by atoms with E-state index in [0.717, 1.165) is 0 Å². The zero-order chi connectivity index (χ0) is 0. The fraction of sp³-hybridized carbons (Fsp3) is 0. The molecular formula is H4CrINSm6. The molecule has 0 aromatic heterocycles. The van der Waals surface area contributed by atoms with Crippen LogP contribution in [0.4, 0.5) is 0 Å². The molecule has 0 rings (SSSR count). The van der Waals surface area contributed by atoms with Crippen molar-refractivity contribution in [3.63, 3.8) is 0 Å². The maximum Gasteiger partial charge on any atom is 0 e. The van der Waals surface area contributed by atoms with E-state index in [2.05, 4.69) is 0 Å². The molecule has 0 unspecified atom stereocenters. The summed E-state index contributed by atoms with van der Waals surface area (Å²) in [6.45, 7) is 0. The first-order valence-electron chi connectivity index (χ1n) is 0. The topological polar surface area (TPSA) is 35.0 Å². The number of hydrogen-bond donors (Lipinski definition) is 1. The Kier molecular flexibility index (Phi) is 375. The van der Waals surface area contributed by atoms with Crippen LogP contribution in [0.25, 0.3) is 0 Å². The van der Waals surface area contributed by atoms with Crippen LogP contribution in [-0.4, -0.2) is 0 Å². The summed E-state index contributed by atoms with van der Waals surface area (Å²) in [7, 11) is 0. The number of rotatable bonds is 0. The van der Waals surface area contributed by atoms with Crippen LogP contribution in [0.5, 0.6) is 0 Å². The minimum absolute atomic E-state index is 0. The molecule has 0 radical (unpaired) electrons. The van der Waals surface area contributed by atoms with Crippen molar-refractivity contribution < 1.29 is 260 Å². The summed E-state index contributed by atoms with van der Waals surface area (Å²) in [6.07, 6.45) is 0. The Balaban J connectivity index is 0. The summed E-state index contributed by atoms with van der Waals surface area (Å²) in [6, 6.07) is 0. The van der Waals surface area contributed by atoms with Crippen LogP contribution >= 0.6 is 24.0 Å². The smallest absolute Gasteiger partial charge is 0 e. The van der Waals surface area contributed by atoms with Gasteiger partial charge in [-0.3, -0.25) is 0 Å². The molecule has 0 amide bonds. The van der Waals surface area contributed by atoms with Crippen LogP contribution < -0.4 is 6.15 Å². The molecule has 0 aliphatic heterocycles. The number of halogens is 1. The van der Waals surface area contributed by atoms with Crippen molar-refractivity contribution in [1.82, 2.24) is 6.15 Å². The van der Waals surface area contributed by atoms with Gasteiger partial charge in [-0.05, 0) is 0 Å². The SMILES string of the molecule is I.N.[Cr].[Sm].[Sm].[Sm].[Sm].[Sm].[Sm]. The molecule has 0 heterocycles. The monoisotopic (exact) mass is 1110 g/mol. The summed E-state index contributed by atoms with van der Waals surface area (Å²) >= 11 is 0. The average molecular weight is 1100 g/mol. The largest absolute Gasteiger partial charge is 0.344 e. The van der Waals surface area contributed by atoms with Crippen LogP contribution in [0.2, 0.25) is 0 Å². The van der Waals surface area contributed by atoms with Gasteiger partial charge in [0.25, 0.3) is 0 Å². The van der Waals surface area contributed by atoms with Crippen LogP contribution in [0.1, 0.15) is 0 Å². The van der Waals surface area contributed by atoms with Gasteiger partial charge in [-0.15, -0.1) is 24.0 Å². The van der Waals surface area contributed by atoms with Crippen molar-refractivity contribution in [3.8, 4) is 0 Å². The van der Waals surface area contributed by atoms with Crippen molar-refractivity contribution in [2.45, 2.75) is 0 Å². The van der Waals surface area contributed by atoms with Gasteiger partial charge < -0.3 is 6.15 Å². The van der Waals surface area contributed by atoms with E-state index in [9.17, 15) is 0 Å². The predicted octanol–water partition coefficient (Wildman–Crippen LogP) is 0.778. The van der Waals surface area contributed by atoms with E-state index >= 15 is 0 Å². The van der Waals surface area contributed by atoms with Gasteiger partial charge in [0.05, 0.1) is 0 Å². The van der Waals surface area contributed by atoms with Gasteiger partial charge >= 0.3 is 0 Å². The first-order valence-corrected chi connectivity index (χ1v) is 0. The first-order chi connectivity index (χ1) is 0. The molecule has 0 atom stereocenters. The Morgan fingerprint density at radius 3 is 0.444 bits per heavy atom. The van der Waals surface area contributed by atoms with Gasteiger partial charge in [0.2, 0.25) is 0 Å². The molecule has 0 aromatic carbocycles. The summed E-state index contributed by atoms with van der Waals surface area (Å²) in [4.78, 5) is 0. The Morgan fingerprint density at radius 2 is 0.444 bits per heavy atom. The zero-order valence-electron chi connectivity index (χ0n) is 3.97. The van der Waals surface area contributed by atoms with Crippen molar-refractivity contribution in [1.29, 1.82) is 0 Å². The quantitative estimate of drug-likeness (QED) is 0.359. The van der Waals surface area contributed by atoms with E-state index in [4.69, 9.17) is 0 Å². The third kappa shape index (κ3) is 46.9. The third-order valence-electron chi connectivity index (χ3n) is 0. The van der Waals surface area contributed by atoms with Crippen LogP contribution in [0.15, 0.2) is 0 Å². The summed E-state index contributed by atoms with van der Waals surface area (Å²) in [5, 5.41) is 0. The van der Waals surface area contributed by atoms with Crippen LogP contribution in [0.3, 0.4) is 0 Å². The third-order valence-corrected chi connectivity index (χ3v) is 0. The van der Waals surface area contributed by atoms with Crippen molar-refractivity contribution >= 4 is 24.0 Å². The van der Waals surface area contributed by atoms with Crippen LogP contribution in [0, 0.1) is 242 Å². The van der Waals surface area contributed by atoms with E-state index in [1.54, 1.807) is 0 Å². The molecule has 0 fully saturated rings. The maximum absolute atomic E-state index is 0. The van der Waals surface area contributed by atoms with E-state index < -0.39 is 0 Å². The molecule has 0 aliphatic carbocycles. The second kappa shape index (κ2) is 53.2. The second-order valence-electron chi connectivity index (χ2n) is 0. The van der Waals surface area contributed by atoms with Gasteiger partial charge in [0.15, 0.2) is 0 Å². The molecule has 9 heavy (non-hydrogen) atoms. The average Bonchev–Trinajstić information content (AvgIpc) is 0. The molecule has 0 spiro atoms. The van der Waals surface area contributed by atoms with Gasteiger partial charge in [-0.25, -0.2) is 0 Å². The summed E-state index contributed by atoms with van der Waals surface area (Å²) in [5.74, 6) is 0. The Morgan fingerprint density at radius 1 is 0.444 bits per heavy atom. The zero-order valence-corrected chi connectivity index (χ0v) is 23.3. The molecule has 0 aliphatic rings. The fourth-order valence-corrected chi connectivity index (χ4v) is 0. The van der Waals surface area contributed by atoms with Gasteiger partial charge in [0, 0.05) is 260 Å². The minimum Gasteiger partial charge on any atom is -0.344 e. The van der Waals surface area contributed by atoms with Crippen molar-refractivity contribution in [3.05, 3.63) is 0 Å². The minimum atomic E-state index is 0. The van der Waals surface area contributed by atoms with Gasteiger partial charge in [-0.1, -0.05) is 0 Å². The van der Waals surface area contributed by atoms with Gasteiger partial charge in [-0.2, -0.15) is 0 Å². The summed E-state index contributed by atoms with van der Waals surface area (Å²) < 4.78 is 0. The molecule has 3 N–H and O–H groups in total. The van der Waals surface area contributed by atoms with Crippen LogP contribution in [-0.2, 0) is 17.4 Å². The normalized spacial score (nSPS) is 0. The maximum atomic E-state index is 0. The number of hydrogen-bond acceptors (Lipinski definition) is 1. The first kappa shape index (κ1) is 63.5. The van der Waals surface area contributed by atoms with E-state index in [1.165, 1.54) is 0 Å². The van der Waals surface area contributed by atoms with Gasteiger partial charge in [0.1, 0.15) is 0 Å². The molecule has 58 valence electrons. The van der Waals surface area contributed by atoms with Crippen molar-refractivity contribution in [2.75, 3.05) is 0 Å². The molecule has 9 heteroatoms. The molecule has 0 aromatic rings. The second-order valence-corrected chi connectivity index (χ2v) is 0. The standard InChI is InChI=1S/Cr.HI.H3N.6Sm/h;1H;1H3;;;;;;. The Hall–Kier alpha value is 9.25. The molecule has 0 saturated heterocycles. The molecule has 0 bridgehead atoms. The summed E-state index contributed by atoms with van der Waals surface area (Å²) in [5.41, 5.74) is 0. The fourth-order valence-electron chi connectivity index (χ4n) is 0.